The Morgan fingerprint density at radius 3 is 2.65 bits per heavy atom. The molecule has 1 aromatic heterocycles. The minimum atomic E-state index is -3.73. The summed E-state index contributed by atoms with van der Waals surface area (Å²) in [6.07, 6.45) is 1.80. The van der Waals surface area contributed by atoms with E-state index in [0.29, 0.717) is 0 Å². The largest absolute Gasteiger partial charge is 0.394 e. The SMILES string of the molecule is CC1(C)CN(S(=O)(=O)c2cnc(N)nc2)CC(CO)O1. The predicted octanol–water partition coefficient (Wildman–Crippen LogP) is -0.781. The zero-order valence-electron chi connectivity index (χ0n) is 11.4. The number of nitrogens with zero attached hydrogens (tertiary/aromatic N) is 3. The van der Waals surface area contributed by atoms with Crippen LogP contribution in [-0.2, 0) is 14.8 Å². The Labute approximate surface area is 117 Å². The molecule has 0 aromatic carbocycles. The van der Waals surface area contributed by atoms with Crippen LogP contribution in [0.2, 0.25) is 0 Å². The van der Waals surface area contributed by atoms with Crippen molar-refractivity contribution in [1.29, 1.82) is 0 Å². The molecule has 1 unspecified atom stereocenters. The van der Waals surface area contributed by atoms with Crippen LogP contribution >= 0.6 is 0 Å². The molecule has 1 atom stereocenters. The third-order valence-electron chi connectivity index (χ3n) is 2.94. The summed E-state index contributed by atoms with van der Waals surface area (Å²) in [6.45, 7) is 3.59. The number of aliphatic hydroxyl groups excluding tert-OH is 1. The van der Waals surface area contributed by atoms with Gasteiger partial charge in [-0.15, -0.1) is 0 Å². The van der Waals surface area contributed by atoms with Gasteiger partial charge >= 0.3 is 0 Å². The van der Waals surface area contributed by atoms with Gasteiger partial charge in [0.1, 0.15) is 4.90 Å². The van der Waals surface area contributed by atoms with Gasteiger partial charge in [-0.3, -0.25) is 0 Å². The summed E-state index contributed by atoms with van der Waals surface area (Å²) in [5.74, 6) is 0.0134. The minimum absolute atomic E-state index is 0.0134. The van der Waals surface area contributed by atoms with Gasteiger partial charge in [0.2, 0.25) is 16.0 Å². The van der Waals surface area contributed by atoms with E-state index in [1.165, 1.54) is 16.7 Å². The van der Waals surface area contributed by atoms with Crippen LogP contribution in [-0.4, -0.2) is 59.2 Å². The van der Waals surface area contributed by atoms with Crippen LogP contribution in [0.5, 0.6) is 0 Å². The molecule has 0 amide bonds. The second-order valence-corrected chi connectivity index (χ2v) is 7.19. The van der Waals surface area contributed by atoms with Crippen molar-refractivity contribution in [3.05, 3.63) is 12.4 Å². The van der Waals surface area contributed by atoms with Gasteiger partial charge in [0.25, 0.3) is 0 Å². The van der Waals surface area contributed by atoms with E-state index in [4.69, 9.17) is 10.5 Å². The molecule has 0 saturated carbocycles. The molecule has 20 heavy (non-hydrogen) atoms. The molecule has 3 N–H and O–H groups in total. The molecule has 1 aliphatic heterocycles. The fourth-order valence-corrected chi connectivity index (χ4v) is 3.64. The van der Waals surface area contributed by atoms with Gasteiger partial charge < -0.3 is 15.6 Å². The molecule has 0 bridgehead atoms. The van der Waals surface area contributed by atoms with Crippen molar-refractivity contribution >= 4 is 16.0 Å². The van der Waals surface area contributed by atoms with E-state index in [1.54, 1.807) is 13.8 Å². The van der Waals surface area contributed by atoms with E-state index >= 15 is 0 Å². The molecule has 1 aliphatic rings. The summed E-state index contributed by atoms with van der Waals surface area (Å²) in [7, 11) is -3.73. The summed E-state index contributed by atoms with van der Waals surface area (Å²) in [6, 6.07) is 0. The Bertz CT molecular complexity index is 573. The summed E-state index contributed by atoms with van der Waals surface area (Å²) < 4.78 is 31.9. The highest BCUT2D eigenvalue weighted by Gasteiger charge is 2.39. The number of morpholine rings is 1. The molecule has 2 rings (SSSR count). The fraction of sp³-hybridized carbons (Fsp3) is 0.636. The molecule has 0 radical (unpaired) electrons. The maximum atomic E-state index is 12.5. The monoisotopic (exact) mass is 302 g/mol. The number of nitrogens with two attached hydrogens (primary N) is 1. The van der Waals surface area contributed by atoms with Gasteiger partial charge in [0.15, 0.2) is 0 Å². The number of hydrogen-bond acceptors (Lipinski definition) is 7. The lowest BCUT2D eigenvalue weighted by molar-refractivity contribution is -0.131. The topological polar surface area (TPSA) is 119 Å². The first-order valence-electron chi connectivity index (χ1n) is 6.11. The van der Waals surface area contributed by atoms with Crippen LogP contribution in [0.3, 0.4) is 0 Å². The highest BCUT2D eigenvalue weighted by molar-refractivity contribution is 7.89. The number of aromatic nitrogens is 2. The van der Waals surface area contributed by atoms with Gasteiger partial charge in [0, 0.05) is 13.1 Å². The van der Waals surface area contributed by atoms with E-state index in [9.17, 15) is 13.5 Å². The van der Waals surface area contributed by atoms with Crippen molar-refractivity contribution in [2.75, 3.05) is 25.4 Å². The standard InChI is InChI=1S/C11H18N4O4S/c1-11(2)7-15(5-8(6-16)19-11)20(17,18)9-3-13-10(12)14-4-9/h3-4,8,16H,5-7H2,1-2H3,(H2,12,13,14). The van der Waals surface area contributed by atoms with Crippen molar-refractivity contribution in [2.24, 2.45) is 0 Å². The Hall–Kier alpha value is -1.29. The third-order valence-corrected chi connectivity index (χ3v) is 4.70. The summed E-state index contributed by atoms with van der Waals surface area (Å²) in [4.78, 5) is 7.37. The Balaban J connectivity index is 2.31. The van der Waals surface area contributed by atoms with Gasteiger partial charge in [-0.2, -0.15) is 4.31 Å². The Morgan fingerprint density at radius 2 is 2.10 bits per heavy atom. The van der Waals surface area contributed by atoms with Crippen LogP contribution in [0.1, 0.15) is 13.8 Å². The second kappa shape index (κ2) is 5.24. The quantitative estimate of drug-likeness (QED) is 0.751. The van der Waals surface area contributed by atoms with Gasteiger partial charge in [-0.25, -0.2) is 18.4 Å². The Morgan fingerprint density at radius 1 is 1.50 bits per heavy atom. The van der Waals surface area contributed by atoms with E-state index in [0.717, 1.165) is 0 Å². The normalized spacial score (nSPS) is 23.6. The summed E-state index contributed by atoms with van der Waals surface area (Å²) in [5, 5.41) is 9.23. The molecule has 1 saturated heterocycles. The number of sulfonamides is 1. The third kappa shape index (κ3) is 3.06. The number of ether oxygens (including phenoxy) is 1. The molecular weight excluding hydrogens is 284 g/mol. The van der Waals surface area contributed by atoms with Crippen molar-refractivity contribution in [2.45, 2.75) is 30.4 Å². The number of rotatable bonds is 3. The van der Waals surface area contributed by atoms with Crippen molar-refractivity contribution in [1.82, 2.24) is 14.3 Å². The van der Waals surface area contributed by atoms with E-state index in [1.807, 2.05) is 0 Å². The zero-order valence-corrected chi connectivity index (χ0v) is 12.2. The van der Waals surface area contributed by atoms with Crippen molar-refractivity contribution in [3.8, 4) is 0 Å². The highest BCUT2D eigenvalue weighted by Crippen LogP contribution is 2.25. The molecule has 2 heterocycles. The highest BCUT2D eigenvalue weighted by atomic mass is 32.2. The number of anilines is 1. The summed E-state index contributed by atoms with van der Waals surface area (Å²) >= 11 is 0. The van der Waals surface area contributed by atoms with Crippen molar-refractivity contribution in [3.63, 3.8) is 0 Å². The van der Waals surface area contributed by atoms with E-state index < -0.39 is 21.7 Å². The zero-order chi connectivity index (χ0) is 15.0. The lowest BCUT2D eigenvalue weighted by Crippen LogP contribution is -2.55. The average Bonchev–Trinajstić information content (AvgIpc) is 2.37. The molecule has 8 nitrogen and oxygen atoms in total. The predicted molar refractivity (Wildman–Crippen MR) is 71.2 cm³/mol. The first-order chi connectivity index (χ1) is 9.24. The smallest absolute Gasteiger partial charge is 0.246 e. The van der Waals surface area contributed by atoms with Gasteiger partial charge in [-0.1, -0.05) is 0 Å². The molecule has 9 heteroatoms. The molecule has 1 fully saturated rings. The molecule has 112 valence electrons. The van der Waals surface area contributed by atoms with Crippen LogP contribution in [0.15, 0.2) is 17.3 Å². The van der Waals surface area contributed by atoms with Crippen molar-refractivity contribution < 1.29 is 18.3 Å². The molecule has 1 aromatic rings. The van der Waals surface area contributed by atoms with Gasteiger partial charge in [0.05, 0.1) is 30.7 Å². The maximum Gasteiger partial charge on any atom is 0.246 e. The molecule has 0 spiro atoms. The average molecular weight is 302 g/mol. The van der Waals surface area contributed by atoms with E-state index in [-0.39, 0.29) is 30.5 Å². The van der Waals surface area contributed by atoms with E-state index in [2.05, 4.69) is 9.97 Å². The lowest BCUT2D eigenvalue weighted by atomic mass is 10.1. The Kier molecular flexibility index (Phi) is 3.96. The summed E-state index contributed by atoms with van der Waals surface area (Å²) in [5.41, 5.74) is 4.68. The first-order valence-corrected chi connectivity index (χ1v) is 7.55. The van der Waals surface area contributed by atoms with Crippen LogP contribution < -0.4 is 5.73 Å². The van der Waals surface area contributed by atoms with Gasteiger partial charge in [-0.05, 0) is 13.8 Å². The maximum absolute atomic E-state index is 12.5. The second-order valence-electron chi connectivity index (χ2n) is 5.26. The fourth-order valence-electron chi connectivity index (χ4n) is 2.13. The van der Waals surface area contributed by atoms with Crippen LogP contribution in [0.4, 0.5) is 5.95 Å². The minimum Gasteiger partial charge on any atom is -0.394 e. The molecule has 0 aliphatic carbocycles. The first kappa shape index (κ1) is 15.1. The number of aliphatic hydroxyl groups is 1. The number of nitrogen functional groups attached to an aromatic ring is 1. The van der Waals surface area contributed by atoms with Crippen LogP contribution in [0, 0.1) is 0 Å². The molecular formula is C11H18N4O4S. The van der Waals surface area contributed by atoms with Crippen LogP contribution in [0.25, 0.3) is 0 Å². The lowest BCUT2D eigenvalue weighted by Gasteiger charge is -2.41. The number of hydrogen-bond donors (Lipinski definition) is 2.